The van der Waals surface area contributed by atoms with Gasteiger partial charge < -0.3 is 4.74 Å². The van der Waals surface area contributed by atoms with Gasteiger partial charge >= 0.3 is 0 Å². The largest absolute Gasteiger partial charge is 0.457 e. The zero-order chi connectivity index (χ0) is 43.9. The number of nitrogens with zero attached hydrogens (tertiary/aromatic N) is 3. The van der Waals surface area contributed by atoms with Crippen molar-refractivity contribution in [3.8, 4) is 17.3 Å². The molecule has 0 unspecified atom stereocenters. The number of aryl methyl sites for hydroxylation is 2. The molecule has 0 spiro atoms. The van der Waals surface area contributed by atoms with Crippen LogP contribution in [0.3, 0.4) is 0 Å². The molecule has 8 rings (SSSR count). The molecule has 0 amide bonds. The number of aliphatic imine (C=N–C) groups is 1. The molecule has 1 aliphatic heterocycles. The van der Waals surface area contributed by atoms with Crippen LogP contribution in [-0.2, 0) is 31.8 Å². The van der Waals surface area contributed by atoms with Gasteiger partial charge in [0.05, 0.1) is 26.4 Å². The van der Waals surface area contributed by atoms with Crippen LogP contribution in [0.5, 0.6) is 11.5 Å². The molecule has 314 valence electrons. The van der Waals surface area contributed by atoms with Crippen LogP contribution in [0.25, 0.3) is 27.6 Å². The van der Waals surface area contributed by atoms with Crippen molar-refractivity contribution in [2.24, 2.45) is 4.99 Å². The van der Waals surface area contributed by atoms with E-state index in [0.717, 1.165) is 44.5 Å². The predicted molar refractivity (Wildman–Crippen MR) is 259 cm³/mol. The number of fused-ring (bicyclic) bond motifs is 6. The third-order valence-electron chi connectivity index (χ3n) is 14.1. The van der Waals surface area contributed by atoms with Gasteiger partial charge in [-0.15, -0.1) is 0 Å². The first kappa shape index (κ1) is 42.3. The minimum atomic E-state index is -0.360. The predicted octanol–water partition coefficient (Wildman–Crippen LogP) is 15.2. The lowest BCUT2D eigenvalue weighted by Crippen LogP contribution is -2.48. The quantitative estimate of drug-likeness (QED) is 0.178. The van der Waals surface area contributed by atoms with Crippen LogP contribution in [0.2, 0.25) is 0 Å². The van der Waals surface area contributed by atoms with Gasteiger partial charge in [0, 0.05) is 34.0 Å². The van der Waals surface area contributed by atoms with Gasteiger partial charge in [-0.05, 0) is 136 Å². The lowest BCUT2D eigenvalue weighted by molar-refractivity contribution is 0.262. The van der Waals surface area contributed by atoms with Crippen molar-refractivity contribution in [3.05, 3.63) is 129 Å². The maximum absolute atomic E-state index is 6.97. The number of ether oxygens (including phenoxy) is 1. The molecule has 0 N–H and O–H groups in total. The summed E-state index contributed by atoms with van der Waals surface area (Å²) < 4.78 is 9.03. The molecule has 0 saturated carbocycles. The number of hydrogen-bond donors (Lipinski definition) is 0. The van der Waals surface area contributed by atoms with E-state index in [-0.39, 0.29) is 37.4 Å². The van der Waals surface area contributed by atoms with E-state index in [9.17, 15) is 0 Å². The van der Waals surface area contributed by atoms with Gasteiger partial charge in [-0.1, -0.05) is 133 Å². The molecule has 2 aromatic heterocycles. The van der Waals surface area contributed by atoms with Gasteiger partial charge in [0.15, 0.2) is 0 Å². The normalized spacial score (nSPS) is 20.5. The molecule has 3 heterocycles. The Kier molecular flexibility index (Phi) is 9.40. The fraction of sp³-hybridized carbons (Fsp3) is 0.455. The SMILES string of the molecule is Cc1cc(C)c(C2=N[C@]3(C)C(C)(C)c4c(C(C)(C)C)cc(C(C)(C)C)cc4[C@]3(C)S2)cc1Oc1ccc2c3cc(C(C)(C)C)ccc3n(-c3cc(C(C)(C)C)ccn3)c2c1. The van der Waals surface area contributed by atoms with E-state index in [1.807, 2.05) is 18.0 Å². The van der Waals surface area contributed by atoms with Crippen molar-refractivity contribution < 1.29 is 4.74 Å². The maximum Gasteiger partial charge on any atom is 0.137 e. The third kappa shape index (κ3) is 6.47. The highest BCUT2D eigenvalue weighted by atomic mass is 32.2. The van der Waals surface area contributed by atoms with Crippen molar-refractivity contribution in [1.29, 1.82) is 0 Å². The number of aromatic nitrogens is 2. The van der Waals surface area contributed by atoms with Crippen LogP contribution in [0.15, 0.2) is 84.0 Å². The number of hydrogen-bond acceptors (Lipinski definition) is 4. The maximum atomic E-state index is 6.97. The second kappa shape index (κ2) is 13.3. The third-order valence-corrected chi connectivity index (χ3v) is 15.7. The van der Waals surface area contributed by atoms with Gasteiger partial charge in [0.1, 0.15) is 17.3 Å². The Morgan fingerprint density at radius 2 is 1.25 bits per heavy atom. The minimum Gasteiger partial charge on any atom is -0.457 e. The van der Waals surface area contributed by atoms with Gasteiger partial charge in [-0.25, -0.2) is 4.98 Å². The topological polar surface area (TPSA) is 39.4 Å². The highest BCUT2D eigenvalue weighted by molar-refractivity contribution is 8.15. The average molecular weight is 818 g/mol. The molecule has 0 bridgehead atoms. The Morgan fingerprint density at radius 1 is 0.600 bits per heavy atom. The summed E-state index contributed by atoms with van der Waals surface area (Å²) in [5, 5.41) is 3.50. The van der Waals surface area contributed by atoms with Gasteiger partial charge in [0.25, 0.3) is 0 Å². The number of benzene rings is 4. The van der Waals surface area contributed by atoms with Crippen molar-refractivity contribution in [3.63, 3.8) is 0 Å². The standard InChI is InChI=1S/C55H67N3OS/c1-32-25-33(2)45(31-39(32)48-57-55(18)53(15,16)47-41(52(12,13)14)27-36(51(9,10)11)28-42(47)54(55,17)60-48)59-37-20-21-38-40-26-34(49(3,4)5)19-22-43(40)58(44(38)30-37)46-29-35(23-24-56-46)50(6,7)8/h19-31H,1-18H3/t54-,55+/m0/s1. The Morgan fingerprint density at radius 3 is 1.88 bits per heavy atom. The Hall–Kier alpha value is -4.35. The molecular weight excluding hydrogens is 751 g/mol. The van der Waals surface area contributed by atoms with Crippen LogP contribution >= 0.6 is 11.8 Å². The zero-order valence-corrected chi connectivity index (χ0v) is 40.5. The zero-order valence-electron chi connectivity index (χ0n) is 39.7. The highest BCUT2D eigenvalue weighted by Gasteiger charge is 2.67. The van der Waals surface area contributed by atoms with Crippen LogP contribution in [0, 0.1) is 13.8 Å². The van der Waals surface area contributed by atoms with E-state index < -0.39 is 0 Å². The van der Waals surface area contributed by atoms with E-state index in [1.165, 1.54) is 49.7 Å². The van der Waals surface area contributed by atoms with E-state index in [0.29, 0.717) is 0 Å². The van der Waals surface area contributed by atoms with Gasteiger partial charge in [-0.2, -0.15) is 0 Å². The Bertz CT molecular complexity index is 2770. The summed E-state index contributed by atoms with van der Waals surface area (Å²) in [5.41, 5.74) is 13.5. The first-order valence-corrected chi connectivity index (χ1v) is 22.7. The Balaban J connectivity index is 1.24. The highest BCUT2D eigenvalue weighted by Crippen LogP contribution is 2.68. The molecular formula is C55H67N3OS. The van der Waals surface area contributed by atoms with Crippen LogP contribution in [-0.4, -0.2) is 20.1 Å². The van der Waals surface area contributed by atoms with E-state index in [2.05, 4.69) is 202 Å². The lowest BCUT2D eigenvalue weighted by Gasteiger charge is -2.41. The number of pyridine rings is 1. The summed E-state index contributed by atoms with van der Waals surface area (Å²) in [4.78, 5) is 10.8. The van der Waals surface area contributed by atoms with Crippen molar-refractivity contribution in [2.45, 2.75) is 162 Å². The monoisotopic (exact) mass is 818 g/mol. The minimum absolute atomic E-state index is 0.00465. The van der Waals surface area contributed by atoms with Crippen molar-refractivity contribution in [2.75, 3.05) is 0 Å². The molecule has 0 fully saturated rings. The molecule has 2 atom stereocenters. The number of rotatable bonds is 4. The summed E-state index contributed by atoms with van der Waals surface area (Å²) in [6.45, 7) is 41.8. The smallest absolute Gasteiger partial charge is 0.137 e. The van der Waals surface area contributed by atoms with Crippen LogP contribution in [0.4, 0.5) is 0 Å². The second-order valence-electron chi connectivity index (χ2n) is 22.9. The van der Waals surface area contributed by atoms with Crippen LogP contribution < -0.4 is 4.74 Å². The fourth-order valence-electron chi connectivity index (χ4n) is 9.84. The summed E-state index contributed by atoms with van der Waals surface area (Å²) in [6, 6.07) is 27.4. The molecule has 0 saturated heterocycles. The first-order valence-electron chi connectivity index (χ1n) is 21.9. The molecule has 0 radical (unpaired) electrons. The lowest BCUT2D eigenvalue weighted by atomic mass is 9.67. The summed E-state index contributed by atoms with van der Waals surface area (Å²) in [6.07, 6.45) is 1.94. The second-order valence-corrected chi connectivity index (χ2v) is 24.3. The van der Waals surface area contributed by atoms with E-state index in [4.69, 9.17) is 14.7 Å². The first-order chi connectivity index (χ1) is 27.6. The molecule has 6 aromatic rings. The molecule has 1 aliphatic carbocycles. The van der Waals surface area contributed by atoms with Crippen molar-refractivity contribution in [1.82, 2.24) is 9.55 Å². The molecule has 4 nitrogen and oxygen atoms in total. The van der Waals surface area contributed by atoms with Gasteiger partial charge in [-0.3, -0.25) is 9.56 Å². The average Bonchev–Trinajstić information content (AvgIpc) is 3.65. The fourth-order valence-corrected chi connectivity index (χ4v) is 11.6. The summed E-state index contributed by atoms with van der Waals surface area (Å²) in [5.74, 6) is 2.55. The van der Waals surface area contributed by atoms with Crippen LogP contribution in [0.1, 0.15) is 161 Å². The molecule has 60 heavy (non-hydrogen) atoms. The molecule has 5 heteroatoms. The number of thioether (sulfide) groups is 1. The Labute approximate surface area is 364 Å². The summed E-state index contributed by atoms with van der Waals surface area (Å²) in [7, 11) is 0. The van der Waals surface area contributed by atoms with E-state index in [1.54, 1.807) is 0 Å². The molecule has 2 aliphatic rings. The van der Waals surface area contributed by atoms with Crippen molar-refractivity contribution >= 4 is 38.6 Å². The summed E-state index contributed by atoms with van der Waals surface area (Å²) >= 11 is 1.95. The van der Waals surface area contributed by atoms with Gasteiger partial charge in [0.2, 0.25) is 0 Å². The van der Waals surface area contributed by atoms with E-state index >= 15 is 0 Å². The molecule has 4 aromatic carbocycles.